The van der Waals surface area contributed by atoms with Crippen molar-refractivity contribution < 1.29 is 9.59 Å². The Labute approximate surface area is 157 Å². The Hall–Kier alpha value is -2.44. The van der Waals surface area contributed by atoms with Gasteiger partial charge in [0.25, 0.3) is 0 Å². The Balaban J connectivity index is 1.70. The van der Waals surface area contributed by atoms with Crippen LogP contribution in [0.2, 0.25) is 0 Å². The zero-order valence-corrected chi connectivity index (χ0v) is 15.2. The summed E-state index contributed by atoms with van der Waals surface area (Å²) in [6.45, 7) is 0.460. The number of thiocarbonyl (C=S) groups is 2. The fourth-order valence-electron chi connectivity index (χ4n) is 2.08. The fraction of sp³-hybridized carbons (Fsp3) is 0.158. The van der Waals surface area contributed by atoms with Gasteiger partial charge in [-0.3, -0.25) is 9.59 Å². The predicted molar refractivity (Wildman–Crippen MR) is 107 cm³/mol. The predicted octanol–water partition coefficient (Wildman–Crippen LogP) is 2.45. The number of amides is 2. The van der Waals surface area contributed by atoms with E-state index >= 15 is 0 Å². The van der Waals surface area contributed by atoms with Gasteiger partial charge < -0.3 is 10.6 Å². The largest absolute Gasteiger partial charge is 0.351 e. The van der Waals surface area contributed by atoms with Gasteiger partial charge >= 0.3 is 0 Å². The molecule has 0 fully saturated rings. The minimum atomic E-state index is -0.374. The van der Waals surface area contributed by atoms with Crippen molar-refractivity contribution in [3.63, 3.8) is 0 Å². The number of hydrogen-bond acceptors (Lipinski definition) is 4. The van der Waals surface area contributed by atoms with Gasteiger partial charge in [0.1, 0.15) is 6.42 Å². The molecule has 128 valence electrons. The second kappa shape index (κ2) is 9.76. The number of rotatable bonds is 8. The molecule has 2 N–H and O–H groups in total. The standard InChI is InChI=1S/C19H18N2O2S2/c22-18(20-12-16(24)14-7-3-1-4-8-14)11-19(23)21-13-17(25)15-9-5-2-6-10-15/h1-10H,11-13H2,(H,20,22)(H,21,23). The Morgan fingerprint density at radius 2 is 1.04 bits per heavy atom. The van der Waals surface area contributed by atoms with Crippen LogP contribution in [0.3, 0.4) is 0 Å². The minimum Gasteiger partial charge on any atom is -0.351 e. The van der Waals surface area contributed by atoms with E-state index in [1.165, 1.54) is 0 Å². The summed E-state index contributed by atoms with van der Waals surface area (Å²) in [5, 5.41) is 5.31. The van der Waals surface area contributed by atoms with Gasteiger partial charge in [0.2, 0.25) is 11.8 Å². The highest BCUT2D eigenvalue weighted by molar-refractivity contribution is 7.81. The summed E-state index contributed by atoms with van der Waals surface area (Å²) in [4.78, 5) is 24.9. The van der Waals surface area contributed by atoms with Crippen molar-refractivity contribution >= 4 is 46.0 Å². The topological polar surface area (TPSA) is 58.2 Å². The average Bonchev–Trinajstić information content (AvgIpc) is 2.65. The lowest BCUT2D eigenvalue weighted by Crippen LogP contribution is -2.36. The lowest BCUT2D eigenvalue weighted by atomic mass is 10.1. The lowest BCUT2D eigenvalue weighted by Gasteiger charge is -2.08. The monoisotopic (exact) mass is 370 g/mol. The zero-order valence-electron chi connectivity index (χ0n) is 13.5. The lowest BCUT2D eigenvalue weighted by molar-refractivity contribution is -0.128. The van der Waals surface area contributed by atoms with Gasteiger partial charge in [0.05, 0.1) is 13.1 Å². The molecule has 0 radical (unpaired) electrons. The van der Waals surface area contributed by atoms with Crippen molar-refractivity contribution in [2.75, 3.05) is 13.1 Å². The zero-order chi connectivity index (χ0) is 18.1. The van der Waals surface area contributed by atoms with Crippen molar-refractivity contribution in [2.24, 2.45) is 0 Å². The summed E-state index contributed by atoms with van der Waals surface area (Å²) in [6.07, 6.45) is -0.255. The molecule has 0 aromatic heterocycles. The van der Waals surface area contributed by atoms with E-state index in [0.717, 1.165) is 11.1 Å². The average molecular weight is 370 g/mol. The van der Waals surface area contributed by atoms with E-state index in [4.69, 9.17) is 24.4 Å². The van der Waals surface area contributed by atoms with Crippen molar-refractivity contribution in [2.45, 2.75) is 6.42 Å². The van der Waals surface area contributed by atoms with E-state index in [2.05, 4.69) is 10.6 Å². The quantitative estimate of drug-likeness (QED) is 0.426. The molecule has 0 spiro atoms. The van der Waals surface area contributed by atoms with Crippen LogP contribution in [0.4, 0.5) is 0 Å². The number of hydrogen-bond donors (Lipinski definition) is 2. The van der Waals surface area contributed by atoms with E-state index in [-0.39, 0.29) is 31.3 Å². The molecule has 2 amide bonds. The van der Waals surface area contributed by atoms with E-state index in [1.54, 1.807) is 0 Å². The van der Waals surface area contributed by atoms with E-state index < -0.39 is 0 Å². The number of carbonyl (C=O) groups is 2. The highest BCUT2D eigenvalue weighted by atomic mass is 32.1. The van der Waals surface area contributed by atoms with Gasteiger partial charge in [0, 0.05) is 9.73 Å². The normalized spacial score (nSPS) is 9.92. The molecule has 0 atom stereocenters. The van der Waals surface area contributed by atoms with E-state index in [0.29, 0.717) is 9.73 Å². The Morgan fingerprint density at radius 3 is 1.40 bits per heavy atom. The third-order valence-electron chi connectivity index (χ3n) is 3.40. The van der Waals surface area contributed by atoms with Crippen molar-refractivity contribution in [1.29, 1.82) is 0 Å². The highest BCUT2D eigenvalue weighted by Gasteiger charge is 2.11. The van der Waals surface area contributed by atoms with Gasteiger partial charge in [-0.2, -0.15) is 0 Å². The molecule has 0 saturated carbocycles. The highest BCUT2D eigenvalue weighted by Crippen LogP contribution is 2.01. The second-order valence-electron chi connectivity index (χ2n) is 5.31. The molecule has 25 heavy (non-hydrogen) atoms. The Bertz CT molecular complexity index is 696. The smallest absolute Gasteiger partial charge is 0.229 e. The van der Waals surface area contributed by atoms with Gasteiger partial charge in [-0.25, -0.2) is 0 Å². The Morgan fingerprint density at radius 1 is 0.680 bits per heavy atom. The summed E-state index contributed by atoms with van der Waals surface area (Å²) in [5.74, 6) is -0.747. The number of carbonyl (C=O) groups excluding carboxylic acids is 2. The van der Waals surface area contributed by atoms with Crippen molar-refractivity contribution in [3.05, 3.63) is 71.8 Å². The number of benzene rings is 2. The summed E-state index contributed by atoms with van der Waals surface area (Å²) in [6, 6.07) is 18.8. The van der Waals surface area contributed by atoms with E-state index in [9.17, 15) is 9.59 Å². The SMILES string of the molecule is O=C(CC(=O)NCC(=S)c1ccccc1)NCC(=S)c1ccccc1. The van der Waals surface area contributed by atoms with Crippen LogP contribution in [0, 0.1) is 0 Å². The summed E-state index contributed by atoms with van der Waals surface area (Å²) >= 11 is 10.5. The molecular weight excluding hydrogens is 352 g/mol. The first-order chi connectivity index (χ1) is 12.1. The van der Waals surface area contributed by atoms with Crippen LogP contribution in [0.25, 0.3) is 0 Å². The number of nitrogens with one attached hydrogen (secondary N) is 2. The molecule has 0 bridgehead atoms. The van der Waals surface area contributed by atoms with Crippen molar-refractivity contribution in [1.82, 2.24) is 10.6 Å². The van der Waals surface area contributed by atoms with Crippen molar-refractivity contribution in [3.8, 4) is 0 Å². The van der Waals surface area contributed by atoms with Crippen LogP contribution in [0.15, 0.2) is 60.7 Å². The third-order valence-corrected chi connectivity index (χ3v) is 4.16. The van der Waals surface area contributed by atoms with Crippen LogP contribution in [-0.2, 0) is 9.59 Å². The molecular formula is C19H18N2O2S2. The molecule has 6 heteroatoms. The molecule has 0 saturated heterocycles. The van der Waals surface area contributed by atoms with Crippen LogP contribution < -0.4 is 10.6 Å². The van der Waals surface area contributed by atoms with Crippen LogP contribution in [-0.4, -0.2) is 34.6 Å². The first-order valence-corrected chi connectivity index (χ1v) is 8.58. The maximum atomic E-state index is 11.8. The molecule has 0 aliphatic carbocycles. The van der Waals surface area contributed by atoms with Crippen LogP contribution >= 0.6 is 24.4 Å². The molecule has 0 aliphatic heterocycles. The Kier molecular flexibility index (Phi) is 7.37. The fourth-order valence-corrected chi connectivity index (χ4v) is 2.50. The first-order valence-electron chi connectivity index (χ1n) is 7.76. The summed E-state index contributed by atoms with van der Waals surface area (Å²) in [7, 11) is 0. The summed E-state index contributed by atoms with van der Waals surface area (Å²) < 4.78 is 0. The summed E-state index contributed by atoms with van der Waals surface area (Å²) in [5.41, 5.74) is 1.77. The van der Waals surface area contributed by atoms with Gasteiger partial charge in [0.15, 0.2) is 0 Å². The maximum absolute atomic E-state index is 11.8. The maximum Gasteiger partial charge on any atom is 0.229 e. The second-order valence-corrected chi connectivity index (χ2v) is 6.29. The van der Waals surface area contributed by atoms with E-state index in [1.807, 2.05) is 60.7 Å². The van der Waals surface area contributed by atoms with Crippen LogP contribution in [0.5, 0.6) is 0 Å². The first kappa shape index (κ1) is 18.9. The molecule has 2 aromatic rings. The minimum absolute atomic E-state index is 0.230. The molecule has 2 rings (SSSR count). The van der Waals surface area contributed by atoms with Gasteiger partial charge in [-0.05, 0) is 11.1 Å². The van der Waals surface area contributed by atoms with Gasteiger partial charge in [-0.1, -0.05) is 85.1 Å². The molecule has 0 heterocycles. The van der Waals surface area contributed by atoms with Crippen LogP contribution in [0.1, 0.15) is 17.5 Å². The molecule has 2 aromatic carbocycles. The third kappa shape index (κ3) is 6.52. The molecule has 0 aliphatic rings. The molecule has 0 unspecified atom stereocenters. The molecule has 4 nitrogen and oxygen atoms in total. The van der Waals surface area contributed by atoms with Gasteiger partial charge in [-0.15, -0.1) is 0 Å².